The van der Waals surface area contributed by atoms with Gasteiger partial charge in [0.15, 0.2) is 6.10 Å². The Bertz CT molecular complexity index is 901. The monoisotopic (exact) mass is 442 g/mol. The molecule has 6 nitrogen and oxygen atoms in total. The molecule has 1 heterocycles. The molecule has 1 atom stereocenters. The fourth-order valence-corrected chi connectivity index (χ4v) is 4.17. The molecule has 7 heteroatoms. The normalized spacial score (nSPS) is 18.6. The number of hydrogen-bond donors (Lipinski definition) is 1. The summed E-state index contributed by atoms with van der Waals surface area (Å²) in [4.78, 5) is 14.7. The fraction of sp³-hybridized carbons (Fsp3) is 0.458. The van der Waals surface area contributed by atoms with E-state index in [0.29, 0.717) is 32.0 Å². The minimum absolute atomic E-state index is 0.000518. The first-order chi connectivity index (χ1) is 15.0. The van der Waals surface area contributed by atoms with E-state index in [4.69, 9.17) is 9.47 Å². The summed E-state index contributed by atoms with van der Waals surface area (Å²) >= 11 is 1.28. The molecule has 0 aromatic heterocycles. The lowest BCUT2D eigenvalue weighted by Crippen LogP contribution is -2.32. The van der Waals surface area contributed by atoms with Gasteiger partial charge < -0.3 is 19.6 Å². The second kappa shape index (κ2) is 9.94. The van der Waals surface area contributed by atoms with Gasteiger partial charge in [-0.05, 0) is 79.8 Å². The van der Waals surface area contributed by atoms with Crippen LogP contribution in [0.25, 0.3) is 0 Å². The van der Waals surface area contributed by atoms with Crippen molar-refractivity contribution in [3.63, 3.8) is 0 Å². The molecule has 0 spiro atoms. The highest BCUT2D eigenvalue weighted by Crippen LogP contribution is 2.40. The van der Waals surface area contributed by atoms with Crippen LogP contribution in [0.15, 0.2) is 42.5 Å². The van der Waals surface area contributed by atoms with Gasteiger partial charge in [0.2, 0.25) is 0 Å². The van der Waals surface area contributed by atoms with E-state index in [1.165, 1.54) is 34.8 Å². The zero-order valence-electron chi connectivity index (χ0n) is 18.1. The lowest BCUT2D eigenvalue weighted by Gasteiger charge is -2.19. The second-order valence-electron chi connectivity index (χ2n) is 8.14. The van der Waals surface area contributed by atoms with Crippen molar-refractivity contribution in [2.24, 2.45) is 0 Å². The number of carbonyl (C=O) groups is 1. The number of aryl methyl sites for hydroxylation is 1. The van der Waals surface area contributed by atoms with Crippen LogP contribution in [-0.2, 0) is 4.79 Å². The van der Waals surface area contributed by atoms with Crippen LogP contribution in [-0.4, -0.2) is 47.6 Å². The Hall–Kier alpha value is -2.22. The fourth-order valence-electron chi connectivity index (χ4n) is 3.86. The number of carbonyl (C=O) groups excluding carboxylic acids is 1. The molecule has 1 aliphatic carbocycles. The first-order valence-corrected chi connectivity index (χ1v) is 12.1. The third kappa shape index (κ3) is 5.53. The maximum Gasteiger partial charge on any atom is 0.268 e. The summed E-state index contributed by atoms with van der Waals surface area (Å²) in [6, 6.07) is 14.0. The van der Waals surface area contributed by atoms with E-state index >= 15 is 0 Å². The molecule has 0 radical (unpaired) electrons. The summed E-state index contributed by atoms with van der Waals surface area (Å²) in [6.07, 6.45) is 5.33. The van der Waals surface area contributed by atoms with Crippen LogP contribution >= 0.6 is 11.9 Å². The van der Waals surface area contributed by atoms with Gasteiger partial charge in [-0.2, -0.15) is 0 Å². The average Bonchev–Trinajstić information content (AvgIpc) is 3.57. The first kappa shape index (κ1) is 22.0. The Morgan fingerprint density at radius 2 is 1.94 bits per heavy atom. The Morgan fingerprint density at radius 3 is 2.61 bits per heavy atom. The topological polar surface area (TPSA) is 62.2 Å². The maximum absolute atomic E-state index is 12.9. The van der Waals surface area contributed by atoms with Gasteiger partial charge in [-0.1, -0.05) is 24.1 Å². The number of benzene rings is 2. The molecular weight excluding hydrogens is 412 g/mol. The zero-order chi connectivity index (χ0) is 21.8. The zero-order valence-corrected chi connectivity index (χ0v) is 18.9. The lowest BCUT2D eigenvalue weighted by molar-refractivity contribution is -0.122. The van der Waals surface area contributed by atoms with Crippen molar-refractivity contribution in [3.8, 4) is 11.5 Å². The number of amides is 1. The van der Waals surface area contributed by atoms with E-state index in [2.05, 4.69) is 12.1 Å². The molecule has 166 valence electrons. The number of ether oxygens (including phenoxy) is 2. The molecule has 31 heavy (non-hydrogen) atoms. The summed E-state index contributed by atoms with van der Waals surface area (Å²) in [5, 5.41) is 9.44. The summed E-state index contributed by atoms with van der Waals surface area (Å²) < 4.78 is 13.0. The lowest BCUT2D eigenvalue weighted by atomic mass is 10.1. The van der Waals surface area contributed by atoms with Crippen LogP contribution in [0.2, 0.25) is 0 Å². The van der Waals surface area contributed by atoms with Gasteiger partial charge in [0, 0.05) is 25.2 Å². The molecular formula is C24H30N2O4S. The van der Waals surface area contributed by atoms with Crippen molar-refractivity contribution >= 4 is 23.5 Å². The molecule has 2 aromatic carbocycles. The van der Waals surface area contributed by atoms with Crippen molar-refractivity contribution in [3.05, 3.63) is 53.6 Å². The van der Waals surface area contributed by atoms with E-state index in [9.17, 15) is 10.0 Å². The molecule has 1 N–H and O–H groups in total. The Labute approximate surface area is 188 Å². The van der Waals surface area contributed by atoms with Crippen molar-refractivity contribution in [2.45, 2.75) is 44.6 Å². The van der Waals surface area contributed by atoms with Gasteiger partial charge in [0.05, 0.1) is 6.61 Å². The van der Waals surface area contributed by atoms with Crippen LogP contribution in [0, 0.1) is 6.92 Å². The summed E-state index contributed by atoms with van der Waals surface area (Å²) in [5.41, 5.74) is 3.22. The third-order valence-corrected chi connectivity index (χ3v) is 6.40. The van der Waals surface area contributed by atoms with Crippen molar-refractivity contribution in [2.75, 3.05) is 30.9 Å². The highest BCUT2D eigenvalue weighted by molar-refractivity contribution is 7.96. The number of rotatable bonds is 10. The number of hydroxylamine groups is 1. The standard InChI is InChI=1S/C24H30N2O4S/c1-17-16-20(8-11-22(17)29-15-3-13-26(28)31-2)25-14-12-23(24(25)27)30-21-9-6-19(7-10-21)18-4-5-18/h6-11,16,18,23,28H,3-5,12-15H2,1-2H3. The Kier molecular flexibility index (Phi) is 7.05. The van der Waals surface area contributed by atoms with Crippen molar-refractivity contribution in [1.82, 2.24) is 4.47 Å². The minimum Gasteiger partial charge on any atom is -0.493 e. The Balaban J connectivity index is 1.32. The maximum atomic E-state index is 12.9. The summed E-state index contributed by atoms with van der Waals surface area (Å²) in [6.45, 7) is 3.69. The highest BCUT2D eigenvalue weighted by atomic mass is 32.2. The van der Waals surface area contributed by atoms with Gasteiger partial charge in [-0.25, -0.2) is 0 Å². The van der Waals surface area contributed by atoms with E-state index in [-0.39, 0.29) is 5.91 Å². The van der Waals surface area contributed by atoms with Crippen LogP contribution in [0.3, 0.4) is 0 Å². The van der Waals surface area contributed by atoms with Gasteiger partial charge in [0.25, 0.3) is 5.91 Å². The van der Waals surface area contributed by atoms with E-state index in [1.54, 1.807) is 4.90 Å². The highest BCUT2D eigenvalue weighted by Gasteiger charge is 2.34. The Morgan fingerprint density at radius 1 is 1.16 bits per heavy atom. The smallest absolute Gasteiger partial charge is 0.268 e. The van der Waals surface area contributed by atoms with Gasteiger partial charge in [0.1, 0.15) is 11.5 Å². The number of nitrogens with zero attached hydrogens (tertiary/aromatic N) is 2. The average molecular weight is 443 g/mol. The predicted octanol–water partition coefficient (Wildman–Crippen LogP) is 4.79. The van der Waals surface area contributed by atoms with E-state index in [0.717, 1.165) is 29.2 Å². The SMILES string of the molecule is CSN(O)CCCOc1ccc(N2CCC(Oc3ccc(C4CC4)cc3)C2=O)cc1C. The van der Waals surface area contributed by atoms with Crippen LogP contribution in [0.1, 0.15) is 42.7 Å². The molecule has 4 rings (SSSR count). The first-order valence-electron chi connectivity index (χ1n) is 10.9. The molecule has 1 unspecified atom stereocenters. The van der Waals surface area contributed by atoms with Gasteiger partial charge in [-0.3, -0.25) is 4.79 Å². The minimum atomic E-state index is -0.444. The van der Waals surface area contributed by atoms with Gasteiger partial charge in [-0.15, -0.1) is 4.47 Å². The molecule has 1 amide bonds. The quantitative estimate of drug-likeness (QED) is 0.324. The predicted molar refractivity (Wildman–Crippen MR) is 123 cm³/mol. The molecule has 1 saturated carbocycles. The van der Waals surface area contributed by atoms with Crippen molar-refractivity contribution in [1.29, 1.82) is 0 Å². The van der Waals surface area contributed by atoms with Gasteiger partial charge >= 0.3 is 0 Å². The largest absolute Gasteiger partial charge is 0.493 e. The summed E-state index contributed by atoms with van der Waals surface area (Å²) in [5.74, 6) is 2.27. The molecule has 2 aliphatic rings. The summed E-state index contributed by atoms with van der Waals surface area (Å²) in [7, 11) is 0. The van der Waals surface area contributed by atoms with Crippen LogP contribution in [0.5, 0.6) is 11.5 Å². The second-order valence-corrected chi connectivity index (χ2v) is 8.93. The molecule has 2 aromatic rings. The van der Waals surface area contributed by atoms with Crippen molar-refractivity contribution < 1.29 is 19.5 Å². The molecule has 1 saturated heterocycles. The van der Waals surface area contributed by atoms with E-state index < -0.39 is 6.10 Å². The molecule has 2 fully saturated rings. The number of hydrogen-bond acceptors (Lipinski definition) is 6. The molecule has 1 aliphatic heterocycles. The van der Waals surface area contributed by atoms with Crippen LogP contribution in [0.4, 0.5) is 5.69 Å². The third-order valence-electron chi connectivity index (χ3n) is 5.80. The molecule has 0 bridgehead atoms. The van der Waals surface area contributed by atoms with E-state index in [1.807, 2.05) is 43.5 Å². The van der Waals surface area contributed by atoms with Crippen LogP contribution < -0.4 is 14.4 Å². The number of anilines is 1.